The summed E-state index contributed by atoms with van der Waals surface area (Å²) in [6, 6.07) is 3.15. The molecule has 0 aliphatic carbocycles. The van der Waals surface area contributed by atoms with E-state index in [4.69, 9.17) is 0 Å². The van der Waals surface area contributed by atoms with Crippen molar-refractivity contribution < 1.29 is 9.59 Å². The first-order valence-electron chi connectivity index (χ1n) is 6.64. The van der Waals surface area contributed by atoms with Crippen LogP contribution in [0.1, 0.15) is 17.3 Å². The minimum absolute atomic E-state index is 0.169. The molecule has 0 saturated carbocycles. The summed E-state index contributed by atoms with van der Waals surface area (Å²) in [6.45, 7) is 1.39. The first-order valence-corrected chi connectivity index (χ1v) is 6.64. The lowest BCUT2D eigenvalue weighted by Crippen LogP contribution is -2.16. The largest absolute Gasteiger partial charge is 0.345 e. The molecule has 3 aromatic heterocycles. The van der Waals surface area contributed by atoms with Crippen LogP contribution in [0.5, 0.6) is 0 Å². The van der Waals surface area contributed by atoms with Gasteiger partial charge in [0, 0.05) is 13.1 Å². The third-order valence-corrected chi connectivity index (χ3v) is 3.05. The van der Waals surface area contributed by atoms with Crippen LogP contribution in [-0.2, 0) is 4.79 Å². The topological polar surface area (TPSA) is 133 Å². The van der Waals surface area contributed by atoms with Crippen molar-refractivity contribution in [3.8, 4) is 0 Å². The molecule has 0 aliphatic rings. The standard InChI is InChI=1S/C14H12N6O3/c1-7(21)19-8-2-3-10(15-4-8)20-13(22)9-5-16-12-11(9)14(23)18-6-17-12/h2-6H,1H3,(H,19,21)(H,15,20,22)(H2,16,17,18,23). The maximum atomic E-state index is 12.3. The van der Waals surface area contributed by atoms with Crippen molar-refractivity contribution in [1.82, 2.24) is 19.9 Å². The highest BCUT2D eigenvalue weighted by Crippen LogP contribution is 2.14. The Labute approximate surface area is 129 Å². The number of amides is 2. The zero-order chi connectivity index (χ0) is 16.4. The second-order valence-corrected chi connectivity index (χ2v) is 4.73. The molecule has 0 aromatic carbocycles. The molecule has 0 spiro atoms. The maximum Gasteiger partial charge on any atom is 0.261 e. The number of anilines is 2. The van der Waals surface area contributed by atoms with Crippen LogP contribution in [0.2, 0.25) is 0 Å². The van der Waals surface area contributed by atoms with Gasteiger partial charge in [0.25, 0.3) is 11.5 Å². The summed E-state index contributed by atoms with van der Waals surface area (Å²) in [5.74, 6) is -0.414. The highest BCUT2D eigenvalue weighted by Gasteiger charge is 2.16. The van der Waals surface area contributed by atoms with Crippen LogP contribution in [0.4, 0.5) is 11.5 Å². The van der Waals surface area contributed by atoms with E-state index < -0.39 is 11.5 Å². The number of aromatic amines is 2. The molecular formula is C14H12N6O3. The first-order chi connectivity index (χ1) is 11.0. The lowest BCUT2D eigenvalue weighted by atomic mass is 10.2. The summed E-state index contributed by atoms with van der Waals surface area (Å²) in [4.78, 5) is 48.2. The molecular weight excluding hydrogens is 300 g/mol. The average Bonchev–Trinajstić information content (AvgIpc) is 2.94. The lowest BCUT2D eigenvalue weighted by Gasteiger charge is -2.05. The SMILES string of the molecule is CC(=O)Nc1ccc(NC(=O)c2c[nH]c3nc[nH]c(=O)c23)nc1. The first kappa shape index (κ1) is 14.4. The molecule has 23 heavy (non-hydrogen) atoms. The summed E-state index contributed by atoms with van der Waals surface area (Å²) in [5.41, 5.74) is 0.605. The van der Waals surface area contributed by atoms with Crippen LogP contribution in [0, 0.1) is 0 Å². The third kappa shape index (κ3) is 2.93. The molecule has 3 rings (SSSR count). The van der Waals surface area contributed by atoms with E-state index in [0.717, 1.165) is 0 Å². The zero-order valence-corrected chi connectivity index (χ0v) is 12.0. The molecule has 3 aromatic rings. The van der Waals surface area contributed by atoms with Gasteiger partial charge in [-0.05, 0) is 12.1 Å². The van der Waals surface area contributed by atoms with Crippen LogP contribution in [0.25, 0.3) is 11.0 Å². The Bertz CT molecular complexity index is 941. The fourth-order valence-electron chi connectivity index (χ4n) is 2.08. The molecule has 0 unspecified atom stereocenters. The van der Waals surface area contributed by atoms with Crippen LogP contribution in [0.15, 0.2) is 35.6 Å². The number of nitrogens with one attached hydrogen (secondary N) is 4. The number of pyridine rings is 1. The number of carbonyl (C=O) groups excluding carboxylic acids is 2. The van der Waals surface area contributed by atoms with E-state index in [-0.39, 0.29) is 16.9 Å². The maximum absolute atomic E-state index is 12.3. The van der Waals surface area contributed by atoms with Gasteiger partial charge >= 0.3 is 0 Å². The average molecular weight is 312 g/mol. The molecule has 0 saturated heterocycles. The smallest absolute Gasteiger partial charge is 0.261 e. The van der Waals surface area contributed by atoms with E-state index in [9.17, 15) is 14.4 Å². The minimum atomic E-state index is -0.491. The highest BCUT2D eigenvalue weighted by atomic mass is 16.2. The number of H-pyrrole nitrogens is 2. The Morgan fingerprint density at radius 3 is 2.65 bits per heavy atom. The van der Waals surface area contributed by atoms with Gasteiger partial charge in [-0.3, -0.25) is 14.4 Å². The number of hydrogen-bond donors (Lipinski definition) is 4. The fraction of sp³-hybridized carbons (Fsp3) is 0.0714. The number of fused-ring (bicyclic) bond motifs is 1. The summed E-state index contributed by atoms with van der Waals surface area (Å²) < 4.78 is 0. The van der Waals surface area contributed by atoms with Crippen LogP contribution < -0.4 is 16.2 Å². The van der Waals surface area contributed by atoms with Gasteiger partial charge in [-0.25, -0.2) is 9.97 Å². The van der Waals surface area contributed by atoms with Gasteiger partial charge in [0.2, 0.25) is 5.91 Å². The second-order valence-electron chi connectivity index (χ2n) is 4.73. The number of hydrogen-bond acceptors (Lipinski definition) is 5. The van der Waals surface area contributed by atoms with E-state index in [2.05, 4.69) is 30.6 Å². The number of nitrogens with zero attached hydrogens (tertiary/aromatic N) is 2. The fourth-order valence-corrected chi connectivity index (χ4v) is 2.08. The van der Waals surface area contributed by atoms with Gasteiger partial charge in [-0.2, -0.15) is 0 Å². The van der Waals surface area contributed by atoms with Crippen LogP contribution >= 0.6 is 0 Å². The summed E-state index contributed by atoms with van der Waals surface area (Å²) in [7, 11) is 0. The van der Waals surface area contributed by atoms with Crippen molar-refractivity contribution in [1.29, 1.82) is 0 Å². The van der Waals surface area contributed by atoms with E-state index in [1.807, 2.05) is 0 Å². The van der Waals surface area contributed by atoms with Crippen LogP contribution in [0.3, 0.4) is 0 Å². The van der Waals surface area contributed by atoms with Gasteiger partial charge in [0.1, 0.15) is 11.5 Å². The summed E-state index contributed by atoms with van der Waals surface area (Å²) >= 11 is 0. The summed E-state index contributed by atoms with van der Waals surface area (Å²) in [5, 5.41) is 5.33. The van der Waals surface area contributed by atoms with Gasteiger partial charge in [0.05, 0.1) is 29.2 Å². The number of rotatable bonds is 3. The predicted octanol–water partition coefficient (Wildman–Crippen LogP) is 0.857. The van der Waals surface area contributed by atoms with E-state index >= 15 is 0 Å². The normalized spacial score (nSPS) is 10.5. The summed E-state index contributed by atoms with van der Waals surface area (Å²) in [6.07, 6.45) is 4.08. The molecule has 3 heterocycles. The van der Waals surface area contributed by atoms with Crippen molar-refractivity contribution in [3.63, 3.8) is 0 Å². The Kier molecular flexibility index (Phi) is 3.59. The van der Waals surface area contributed by atoms with Crippen molar-refractivity contribution >= 4 is 34.4 Å². The minimum Gasteiger partial charge on any atom is -0.345 e. The zero-order valence-electron chi connectivity index (χ0n) is 12.0. The quantitative estimate of drug-likeness (QED) is 0.569. The Morgan fingerprint density at radius 2 is 1.96 bits per heavy atom. The molecule has 9 nitrogen and oxygen atoms in total. The van der Waals surface area contributed by atoms with Crippen molar-refractivity contribution in [2.45, 2.75) is 6.92 Å². The number of carbonyl (C=O) groups is 2. The van der Waals surface area contributed by atoms with Gasteiger partial charge in [-0.1, -0.05) is 0 Å². The molecule has 9 heteroatoms. The van der Waals surface area contributed by atoms with E-state index in [1.165, 1.54) is 25.6 Å². The van der Waals surface area contributed by atoms with E-state index in [0.29, 0.717) is 17.2 Å². The Hall–Kier alpha value is -3.49. The van der Waals surface area contributed by atoms with Gasteiger partial charge in [-0.15, -0.1) is 0 Å². The molecule has 0 aliphatic heterocycles. The third-order valence-electron chi connectivity index (χ3n) is 3.05. The van der Waals surface area contributed by atoms with Crippen molar-refractivity contribution in [3.05, 3.63) is 46.8 Å². The molecule has 4 N–H and O–H groups in total. The molecule has 0 atom stereocenters. The molecule has 116 valence electrons. The van der Waals surface area contributed by atoms with E-state index in [1.54, 1.807) is 12.1 Å². The van der Waals surface area contributed by atoms with Crippen molar-refractivity contribution in [2.24, 2.45) is 0 Å². The number of aromatic nitrogens is 4. The van der Waals surface area contributed by atoms with Crippen LogP contribution in [-0.4, -0.2) is 31.8 Å². The lowest BCUT2D eigenvalue weighted by molar-refractivity contribution is -0.114. The predicted molar refractivity (Wildman–Crippen MR) is 83.2 cm³/mol. The van der Waals surface area contributed by atoms with Gasteiger partial charge in [0.15, 0.2) is 0 Å². The Morgan fingerprint density at radius 1 is 1.13 bits per heavy atom. The molecule has 0 bridgehead atoms. The second kappa shape index (κ2) is 5.72. The molecule has 0 radical (unpaired) electrons. The van der Waals surface area contributed by atoms with Gasteiger partial charge < -0.3 is 20.6 Å². The van der Waals surface area contributed by atoms with Crippen molar-refractivity contribution in [2.75, 3.05) is 10.6 Å². The monoisotopic (exact) mass is 312 g/mol. The Balaban J connectivity index is 1.83. The highest BCUT2D eigenvalue weighted by molar-refractivity contribution is 6.11. The molecule has 0 fully saturated rings. The molecule has 2 amide bonds.